The van der Waals surface area contributed by atoms with E-state index in [0.717, 1.165) is 24.5 Å². The van der Waals surface area contributed by atoms with Gasteiger partial charge in [-0.25, -0.2) is 8.42 Å². The fraction of sp³-hybridized carbons (Fsp3) is 0.308. The first kappa shape index (κ1) is 17.2. The summed E-state index contributed by atoms with van der Waals surface area (Å²) in [5.74, 6) is -0.689. The molecule has 21 heavy (non-hydrogen) atoms. The Labute approximate surface area is 120 Å². The molecule has 0 radical (unpaired) electrons. The Morgan fingerprint density at radius 2 is 1.81 bits per heavy atom. The molecular formula is C13H14F3NO3S. The molecule has 1 aromatic rings. The molecule has 0 aromatic heterocycles. The highest BCUT2D eigenvalue weighted by molar-refractivity contribution is 7.90. The van der Waals surface area contributed by atoms with E-state index in [2.05, 4.69) is 5.32 Å². The number of hydrogen-bond donors (Lipinski definition) is 1. The lowest BCUT2D eigenvalue weighted by Crippen LogP contribution is -2.27. The van der Waals surface area contributed by atoms with E-state index in [4.69, 9.17) is 0 Å². The number of hydrogen-bond acceptors (Lipinski definition) is 3. The molecule has 1 rings (SSSR count). The lowest BCUT2D eigenvalue weighted by Gasteiger charge is -2.05. The molecule has 0 fully saturated rings. The van der Waals surface area contributed by atoms with Gasteiger partial charge in [0.15, 0.2) is 0 Å². The van der Waals surface area contributed by atoms with E-state index in [9.17, 15) is 26.4 Å². The van der Waals surface area contributed by atoms with Crippen LogP contribution in [0.15, 0.2) is 30.3 Å². The first-order valence-corrected chi connectivity index (χ1v) is 7.95. The second-order valence-corrected chi connectivity index (χ2v) is 6.63. The molecule has 0 aliphatic rings. The van der Waals surface area contributed by atoms with Crippen molar-refractivity contribution >= 4 is 21.8 Å². The second kappa shape index (κ2) is 6.75. The molecule has 1 amide bonds. The molecule has 0 saturated carbocycles. The third kappa shape index (κ3) is 6.94. The smallest absolute Gasteiger partial charge is 0.352 e. The average Bonchev–Trinajstić information content (AvgIpc) is 2.34. The predicted molar refractivity (Wildman–Crippen MR) is 73.2 cm³/mol. The highest BCUT2D eigenvalue weighted by Crippen LogP contribution is 2.29. The van der Waals surface area contributed by atoms with E-state index in [1.165, 1.54) is 18.2 Å². The number of sulfone groups is 1. The zero-order valence-corrected chi connectivity index (χ0v) is 12.0. The van der Waals surface area contributed by atoms with Crippen LogP contribution in [0.3, 0.4) is 0 Å². The van der Waals surface area contributed by atoms with Crippen LogP contribution in [-0.4, -0.2) is 32.9 Å². The number of carbonyl (C=O) groups excluding carboxylic acids is 1. The van der Waals surface area contributed by atoms with Gasteiger partial charge in [0.05, 0.1) is 11.3 Å². The minimum Gasteiger partial charge on any atom is -0.352 e. The van der Waals surface area contributed by atoms with Crippen LogP contribution in [-0.2, 0) is 20.8 Å². The van der Waals surface area contributed by atoms with Crippen LogP contribution in [0.1, 0.15) is 11.1 Å². The van der Waals surface area contributed by atoms with Crippen LogP contribution in [0.5, 0.6) is 0 Å². The van der Waals surface area contributed by atoms with Gasteiger partial charge < -0.3 is 5.32 Å². The zero-order valence-electron chi connectivity index (χ0n) is 11.1. The van der Waals surface area contributed by atoms with Gasteiger partial charge in [-0.05, 0) is 23.8 Å². The Bertz CT molecular complexity index is 619. The number of benzene rings is 1. The van der Waals surface area contributed by atoms with Crippen molar-refractivity contribution in [3.8, 4) is 0 Å². The molecule has 0 heterocycles. The molecule has 0 aliphatic heterocycles. The average molecular weight is 321 g/mol. The summed E-state index contributed by atoms with van der Waals surface area (Å²) >= 11 is 0. The first-order valence-electron chi connectivity index (χ1n) is 5.89. The first-order chi connectivity index (χ1) is 9.58. The molecule has 0 saturated heterocycles. The number of amides is 1. The van der Waals surface area contributed by atoms with E-state index < -0.39 is 27.5 Å². The van der Waals surface area contributed by atoms with Gasteiger partial charge in [-0.15, -0.1) is 0 Å². The Hall–Kier alpha value is -1.83. The summed E-state index contributed by atoms with van der Waals surface area (Å²) in [5.41, 5.74) is -0.335. The Balaban J connectivity index is 2.55. The molecule has 8 heteroatoms. The highest BCUT2D eigenvalue weighted by atomic mass is 32.2. The lowest BCUT2D eigenvalue weighted by molar-refractivity contribution is -0.137. The predicted octanol–water partition coefficient (Wildman–Crippen LogP) is 1.88. The molecule has 0 aliphatic carbocycles. The summed E-state index contributed by atoms with van der Waals surface area (Å²) in [5, 5.41) is 2.36. The monoisotopic (exact) mass is 321 g/mol. The maximum absolute atomic E-state index is 12.3. The van der Waals surface area contributed by atoms with Crippen LogP contribution in [0.25, 0.3) is 6.08 Å². The van der Waals surface area contributed by atoms with Gasteiger partial charge in [0.1, 0.15) is 9.84 Å². The van der Waals surface area contributed by atoms with Gasteiger partial charge >= 0.3 is 6.18 Å². The normalized spacial score (nSPS) is 12.6. The van der Waals surface area contributed by atoms with Gasteiger partial charge in [-0.3, -0.25) is 4.79 Å². The van der Waals surface area contributed by atoms with E-state index in [0.29, 0.717) is 5.56 Å². The number of alkyl halides is 3. The molecule has 116 valence electrons. The Morgan fingerprint density at radius 1 is 1.24 bits per heavy atom. The highest BCUT2D eigenvalue weighted by Gasteiger charge is 2.29. The van der Waals surface area contributed by atoms with Gasteiger partial charge in [-0.2, -0.15) is 13.2 Å². The quantitative estimate of drug-likeness (QED) is 0.842. The van der Waals surface area contributed by atoms with Crippen LogP contribution >= 0.6 is 0 Å². The standard InChI is InChI=1S/C13H14F3NO3S/c1-21(19,20)9-8-17-12(18)7-4-10-2-5-11(6-3-10)13(14,15)16/h2-7H,8-9H2,1H3,(H,17,18)/b7-4+. The van der Waals surface area contributed by atoms with Crippen LogP contribution in [0.4, 0.5) is 13.2 Å². The number of nitrogens with one attached hydrogen (secondary N) is 1. The Morgan fingerprint density at radius 3 is 2.29 bits per heavy atom. The van der Waals surface area contributed by atoms with Crippen molar-refractivity contribution < 1.29 is 26.4 Å². The summed E-state index contributed by atoms with van der Waals surface area (Å²) in [6, 6.07) is 4.31. The van der Waals surface area contributed by atoms with Crippen LogP contribution in [0.2, 0.25) is 0 Å². The van der Waals surface area contributed by atoms with Gasteiger partial charge in [0, 0.05) is 18.9 Å². The molecule has 0 atom stereocenters. The van der Waals surface area contributed by atoms with E-state index in [1.54, 1.807) is 0 Å². The number of rotatable bonds is 5. The number of halogens is 3. The summed E-state index contributed by atoms with van der Waals surface area (Å²) in [6.07, 6.45) is -0.872. The zero-order chi connectivity index (χ0) is 16.1. The van der Waals surface area contributed by atoms with Crippen molar-refractivity contribution in [2.45, 2.75) is 6.18 Å². The Kier molecular flexibility index (Phi) is 5.54. The second-order valence-electron chi connectivity index (χ2n) is 4.37. The molecule has 1 N–H and O–H groups in total. The van der Waals surface area contributed by atoms with Crippen LogP contribution in [0, 0.1) is 0 Å². The number of carbonyl (C=O) groups is 1. The maximum atomic E-state index is 12.3. The lowest BCUT2D eigenvalue weighted by atomic mass is 10.1. The van der Waals surface area contributed by atoms with Crippen molar-refractivity contribution in [1.29, 1.82) is 0 Å². The summed E-state index contributed by atoms with van der Waals surface area (Å²) in [7, 11) is -3.15. The van der Waals surface area contributed by atoms with E-state index >= 15 is 0 Å². The third-order valence-electron chi connectivity index (χ3n) is 2.44. The van der Waals surface area contributed by atoms with Gasteiger partial charge in [0.2, 0.25) is 5.91 Å². The van der Waals surface area contributed by atoms with Gasteiger partial charge in [0.25, 0.3) is 0 Å². The van der Waals surface area contributed by atoms with Crippen molar-refractivity contribution in [2.75, 3.05) is 18.6 Å². The van der Waals surface area contributed by atoms with Gasteiger partial charge in [-0.1, -0.05) is 12.1 Å². The SMILES string of the molecule is CS(=O)(=O)CCNC(=O)/C=C/c1ccc(C(F)(F)F)cc1. The topological polar surface area (TPSA) is 63.2 Å². The van der Waals surface area contributed by atoms with Crippen molar-refractivity contribution in [2.24, 2.45) is 0 Å². The van der Waals surface area contributed by atoms with Crippen molar-refractivity contribution in [3.63, 3.8) is 0 Å². The minimum absolute atomic E-state index is 0.0188. The molecule has 4 nitrogen and oxygen atoms in total. The van der Waals surface area contributed by atoms with Crippen molar-refractivity contribution in [3.05, 3.63) is 41.5 Å². The molecule has 0 bridgehead atoms. The summed E-state index contributed by atoms with van der Waals surface area (Å²) < 4.78 is 58.7. The van der Waals surface area contributed by atoms with Crippen molar-refractivity contribution in [1.82, 2.24) is 5.32 Å². The van der Waals surface area contributed by atoms with Crippen LogP contribution < -0.4 is 5.32 Å². The fourth-order valence-corrected chi connectivity index (χ4v) is 1.85. The molecule has 1 aromatic carbocycles. The molecule has 0 spiro atoms. The van der Waals surface area contributed by atoms with E-state index in [-0.39, 0.29) is 12.3 Å². The third-order valence-corrected chi connectivity index (χ3v) is 3.38. The summed E-state index contributed by atoms with van der Waals surface area (Å²) in [6.45, 7) is -0.0188. The van der Waals surface area contributed by atoms with E-state index in [1.807, 2.05) is 0 Å². The molecular weight excluding hydrogens is 307 g/mol. The molecule has 0 unspecified atom stereocenters. The summed E-state index contributed by atoms with van der Waals surface area (Å²) in [4.78, 5) is 11.4. The fourth-order valence-electron chi connectivity index (χ4n) is 1.37. The maximum Gasteiger partial charge on any atom is 0.416 e. The minimum atomic E-state index is -4.40. The largest absolute Gasteiger partial charge is 0.416 e.